The smallest absolute Gasteiger partial charge is 0.293 e. The molecule has 14 heteroatoms. The van der Waals surface area contributed by atoms with Gasteiger partial charge in [0, 0.05) is 37.7 Å². The third-order valence-corrected chi connectivity index (χ3v) is 8.92. The third kappa shape index (κ3) is 4.48. The monoisotopic (exact) mass is 552 g/mol. The third-order valence-electron chi connectivity index (χ3n) is 6.73. The van der Waals surface area contributed by atoms with Crippen molar-refractivity contribution in [1.82, 2.24) is 14.9 Å². The summed E-state index contributed by atoms with van der Waals surface area (Å²) in [7, 11) is -3.04. The zero-order valence-corrected chi connectivity index (χ0v) is 21.4. The van der Waals surface area contributed by atoms with E-state index in [1.165, 1.54) is 47.5 Å². The van der Waals surface area contributed by atoms with Crippen molar-refractivity contribution >= 4 is 44.1 Å². The highest BCUT2D eigenvalue weighted by Crippen LogP contribution is 2.41. The molecule has 1 aromatic carbocycles. The number of amides is 2. The van der Waals surface area contributed by atoms with Gasteiger partial charge in [0.05, 0.1) is 22.1 Å². The number of hydrogen-bond donors (Lipinski definition) is 3. The summed E-state index contributed by atoms with van der Waals surface area (Å²) >= 11 is 0. The molecule has 13 nitrogen and oxygen atoms in total. The number of carbonyl (C=O) groups is 2. The number of likely N-dealkylation sites (tertiary alicyclic amines) is 1. The second-order valence-corrected chi connectivity index (χ2v) is 11.4. The second kappa shape index (κ2) is 9.54. The van der Waals surface area contributed by atoms with Crippen LogP contribution in [0.1, 0.15) is 6.42 Å². The number of sulfone groups is 1. The number of rotatable bonds is 8. The van der Waals surface area contributed by atoms with Gasteiger partial charge in [0.1, 0.15) is 23.0 Å². The van der Waals surface area contributed by atoms with Gasteiger partial charge < -0.3 is 25.7 Å². The highest BCUT2D eigenvalue weighted by Gasteiger charge is 2.54. The molecule has 2 aliphatic rings. The maximum Gasteiger partial charge on any atom is 0.293 e. The molecule has 3 atom stereocenters. The maximum absolute atomic E-state index is 14.2. The van der Waals surface area contributed by atoms with Crippen LogP contribution in [0, 0.1) is 16.0 Å². The van der Waals surface area contributed by atoms with E-state index in [9.17, 15) is 28.1 Å². The van der Waals surface area contributed by atoms with Gasteiger partial charge in [-0.1, -0.05) is 18.2 Å². The number of benzene rings is 1. The molecule has 2 aromatic heterocycles. The molecule has 0 saturated carbocycles. The van der Waals surface area contributed by atoms with Crippen LogP contribution in [0.3, 0.4) is 0 Å². The summed E-state index contributed by atoms with van der Waals surface area (Å²) in [5.74, 6) is -2.51. The van der Waals surface area contributed by atoms with Gasteiger partial charge in [-0.25, -0.2) is 13.4 Å². The Labute approximate surface area is 222 Å². The van der Waals surface area contributed by atoms with Crippen LogP contribution in [0.2, 0.25) is 0 Å². The van der Waals surface area contributed by atoms with E-state index in [0.717, 1.165) is 6.07 Å². The number of primary amides is 1. The molecular formula is C25H24N6O7S. The number of hydrogen-bond acceptors (Lipinski definition) is 9. The van der Waals surface area contributed by atoms with Crippen LogP contribution in [-0.4, -0.2) is 64.6 Å². The van der Waals surface area contributed by atoms with Crippen LogP contribution in [0.25, 0.3) is 11.0 Å². The van der Waals surface area contributed by atoms with Crippen LogP contribution in [0.5, 0.6) is 5.75 Å². The van der Waals surface area contributed by atoms with Gasteiger partial charge in [-0.15, -0.1) is 0 Å². The lowest BCUT2D eigenvalue weighted by Crippen LogP contribution is -2.53. The molecular weight excluding hydrogens is 528 g/mol. The Bertz CT molecular complexity index is 1660. The number of aromatic nitrogens is 2. The number of ether oxygens (including phenoxy) is 1. The Morgan fingerprint density at radius 2 is 2.10 bits per heavy atom. The van der Waals surface area contributed by atoms with Crippen LogP contribution in [-0.2, 0) is 19.4 Å². The number of nitrogens with two attached hydrogens (primary N) is 1. The molecule has 1 saturated heterocycles. The van der Waals surface area contributed by atoms with Crippen molar-refractivity contribution in [3.63, 3.8) is 0 Å². The number of allylic oxidation sites excluding steroid dienone is 2. The number of H-pyrrole nitrogens is 1. The van der Waals surface area contributed by atoms with E-state index in [2.05, 4.69) is 15.3 Å². The Morgan fingerprint density at radius 1 is 1.31 bits per heavy atom. The van der Waals surface area contributed by atoms with Crippen molar-refractivity contribution in [3.8, 4) is 5.75 Å². The summed E-state index contributed by atoms with van der Waals surface area (Å²) in [6.07, 6.45) is 8.46. The molecule has 1 aliphatic heterocycles. The number of nitrogens with zero attached hydrogens (tertiary/aromatic N) is 3. The van der Waals surface area contributed by atoms with Gasteiger partial charge in [-0.3, -0.25) is 19.7 Å². The van der Waals surface area contributed by atoms with Crippen molar-refractivity contribution in [2.75, 3.05) is 18.9 Å². The predicted octanol–water partition coefficient (Wildman–Crippen LogP) is 1.89. The van der Waals surface area contributed by atoms with E-state index in [4.69, 9.17) is 10.5 Å². The molecule has 3 unspecified atom stereocenters. The number of nitrogens with one attached hydrogen (secondary N) is 2. The Kier molecular flexibility index (Phi) is 6.34. The fourth-order valence-corrected chi connectivity index (χ4v) is 6.66. The quantitative estimate of drug-likeness (QED) is 0.277. The molecule has 39 heavy (non-hydrogen) atoms. The van der Waals surface area contributed by atoms with Gasteiger partial charge in [0.15, 0.2) is 0 Å². The summed E-state index contributed by atoms with van der Waals surface area (Å²) in [6, 6.07) is 6.23. The Balaban J connectivity index is 1.59. The Hall–Kier alpha value is -4.72. The summed E-state index contributed by atoms with van der Waals surface area (Å²) in [5.41, 5.74) is 5.69. The summed E-state index contributed by atoms with van der Waals surface area (Å²) in [6.45, 7) is 0.337. The van der Waals surface area contributed by atoms with E-state index in [1.807, 2.05) is 0 Å². The average molecular weight is 553 g/mol. The molecule has 1 fully saturated rings. The number of anilines is 1. The Morgan fingerprint density at radius 3 is 2.79 bits per heavy atom. The van der Waals surface area contributed by atoms with Gasteiger partial charge in [-0.05, 0) is 30.3 Å². The molecule has 0 spiro atoms. The van der Waals surface area contributed by atoms with Crippen molar-refractivity contribution in [1.29, 1.82) is 0 Å². The normalized spacial score (nSPS) is 22.8. The first kappa shape index (κ1) is 25.9. The minimum Gasteiger partial charge on any atom is -0.464 e. The number of aromatic amines is 1. The highest BCUT2D eigenvalue weighted by atomic mass is 32.2. The van der Waals surface area contributed by atoms with Crippen LogP contribution in [0.15, 0.2) is 71.9 Å². The standard InChI is InChI=1S/C25H24N6O7S/c1-30-14-16(11-22(30)32)29-20-6-5-18(12-21(20)31(34)35)39(36,37)25(8-3-2-4-19(25)23(26)33)38-17-10-15-7-9-27-24(15)28-13-17/h2-10,12-13,16,19,29H,11,14H2,1H3,(H2,26,33)(H,27,28). The van der Waals surface area contributed by atoms with Crippen molar-refractivity contribution in [2.24, 2.45) is 11.7 Å². The molecule has 0 radical (unpaired) electrons. The van der Waals surface area contributed by atoms with Crippen molar-refractivity contribution in [2.45, 2.75) is 22.3 Å². The second-order valence-electron chi connectivity index (χ2n) is 9.29. The summed E-state index contributed by atoms with van der Waals surface area (Å²) in [4.78, 5) is 41.5. The molecule has 5 rings (SSSR count). The van der Waals surface area contributed by atoms with E-state index >= 15 is 0 Å². The molecule has 4 N–H and O–H groups in total. The van der Waals surface area contributed by atoms with Crippen LogP contribution < -0.4 is 15.8 Å². The predicted molar refractivity (Wildman–Crippen MR) is 140 cm³/mol. The lowest BCUT2D eigenvalue weighted by molar-refractivity contribution is -0.384. The number of likely N-dealkylation sites (N-methyl/N-ethyl adjacent to an activating group) is 1. The van der Waals surface area contributed by atoms with Gasteiger partial charge in [0.2, 0.25) is 26.6 Å². The summed E-state index contributed by atoms with van der Waals surface area (Å²) in [5, 5.41) is 15.6. The zero-order valence-electron chi connectivity index (χ0n) is 20.6. The first-order chi connectivity index (χ1) is 18.5. The molecule has 0 bridgehead atoms. The largest absolute Gasteiger partial charge is 0.464 e. The number of nitro benzene ring substituents is 1. The summed E-state index contributed by atoms with van der Waals surface area (Å²) < 4.78 is 34.5. The maximum atomic E-state index is 14.2. The molecule has 3 aromatic rings. The number of pyridine rings is 1. The van der Waals surface area contributed by atoms with Gasteiger partial charge >= 0.3 is 0 Å². The van der Waals surface area contributed by atoms with E-state index in [0.29, 0.717) is 17.6 Å². The van der Waals surface area contributed by atoms with Gasteiger partial charge in [-0.2, -0.15) is 0 Å². The molecule has 202 valence electrons. The fraction of sp³-hybridized carbons (Fsp3) is 0.240. The van der Waals surface area contributed by atoms with Crippen molar-refractivity contribution in [3.05, 3.63) is 77.1 Å². The fourth-order valence-electron chi connectivity index (χ4n) is 4.78. The topological polar surface area (TPSA) is 191 Å². The molecule has 2 amide bonds. The minimum atomic E-state index is -4.66. The number of fused-ring (bicyclic) bond motifs is 1. The highest BCUT2D eigenvalue weighted by molar-refractivity contribution is 7.93. The number of nitro groups is 1. The van der Waals surface area contributed by atoms with Crippen LogP contribution >= 0.6 is 0 Å². The molecule has 1 aliphatic carbocycles. The lowest BCUT2D eigenvalue weighted by Gasteiger charge is -2.36. The zero-order chi connectivity index (χ0) is 27.9. The number of carbonyl (C=O) groups excluding carboxylic acids is 2. The van der Waals surface area contributed by atoms with Crippen LogP contribution in [0.4, 0.5) is 11.4 Å². The van der Waals surface area contributed by atoms with E-state index < -0.39 is 42.1 Å². The lowest BCUT2D eigenvalue weighted by atomic mass is 9.96. The molecule has 3 heterocycles. The van der Waals surface area contributed by atoms with Crippen molar-refractivity contribution < 1.29 is 27.7 Å². The van der Waals surface area contributed by atoms with E-state index in [1.54, 1.807) is 25.4 Å². The minimum absolute atomic E-state index is 0.0414. The average Bonchev–Trinajstić information content (AvgIpc) is 3.49. The first-order valence-electron chi connectivity index (χ1n) is 11.8. The SMILES string of the molecule is CN1CC(Nc2ccc(S(=O)(=O)C3(Oc4cnc5[nH]ccc5c4)C=CC=CC3C(N)=O)cc2[N+](=O)[O-])CC1=O. The first-order valence-corrected chi connectivity index (χ1v) is 13.3. The van der Waals surface area contributed by atoms with E-state index in [-0.39, 0.29) is 29.8 Å². The van der Waals surface area contributed by atoms with Gasteiger partial charge in [0.25, 0.3) is 5.69 Å².